The lowest BCUT2D eigenvalue weighted by atomic mass is 10.1. The molecule has 0 aromatic heterocycles. The first-order chi connectivity index (χ1) is 10.8. The second-order valence-electron chi connectivity index (χ2n) is 5.71. The van der Waals surface area contributed by atoms with Crippen LogP contribution in [-0.2, 0) is 14.3 Å². The van der Waals surface area contributed by atoms with E-state index in [4.69, 9.17) is 27.9 Å². The van der Waals surface area contributed by atoms with Gasteiger partial charge < -0.3 is 10.1 Å². The van der Waals surface area contributed by atoms with E-state index in [0.717, 1.165) is 0 Å². The molecule has 5 nitrogen and oxygen atoms in total. The molecule has 1 aromatic carbocycles. The standard InChI is InChI=1S/C16H22Cl2N2O3/c1-10(2)8-19-14(21)9-20(3)15(16(22)23-4)11-5-6-12(17)13(18)7-11/h5-7,10,15H,8-9H2,1-4H3,(H,19,21)/t15-/m0/s1. The quantitative estimate of drug-likeness (QED) is 0.759. The van der Waals surface area contributed by atoms with E-state index in [1.807, 2.05) is 13.8 Å². The number of benzene rings is 1. The summed E-state index contributed by atoms with van der Waals surface area (Å²) in [6.45, 7) is 4.67. The van der Waals surface area contributed by atoms with Crippen molar-refractivity contribution in [2.75, 3.05) is 27.2 Å². The van der Waals surface area contributed by atoms with E-state index in [9.17, 15) is 9.59 Å². The van der Waals surface area contributed by atoms with Crippen molar-refractivity contribution >= 4 is 35.1 Å². The van der Waals surface area contributed by atoms with Crippen LogP contribution in [0.3, 0.4) is 0 Å². The fourth-order valence-electron chi connectivity index (χ4n) is 2.06. The molecule has 0 saturated carbocycles. The Bertz CT molecular complexity index is 564. The Kier molecular flexibility index (Phi) is 7.82. The fourth-order valence-corrected chi connectivity index (χ4v) is 2.36. The van der Waals surface area contributed by atoms with Crippen LogP contribution < -0.4 is 5.32 Å². The number of likely N-dealkylation sites (N-methyl/N-ethyl adjacent to an activating group) is 1. The summed E-state index contributed by atoms with van der Waals surface area (Å²) in [6.07, 6.45) is 0. The van der Waals surface area contributed by atoms with Gasteiger partial charge in [0.25, 0.3) is 0 Å². The van der Waals surface area contributed by atoms with Crippen LogP contribution in [0.4, 0.5) is 0 Å². The second-order valence-corrected chi connectivity index (χ2v) is 6.53. The van der Waals surface area contributed by atoms with Crippen molar-refractivity contribution in [2.24, 2.45) is 5.92 Å². The predicted octanol–water partition coefficient (Wildman–Crippen LogP) is 2.91. The largest absolute Gasteiger partial charge is 0.468 e. The van der Waals surface area contributed by atoms with E-state index in [2.05, 4.69) is 5.32 Å². The van der Waals surface area contributed by atoms with Crippen molar-refractivity contribution in [2.45, 2.75) is 19.9 Å². The van der Waals surface area contributed by atoms with Crippen molar-refractivity contribution in [3.63, 3.8) is 0 Å². The van der Waals surface area contributed by atoms with Crippen molar-refractivity contribution in [3.05, 3.63) is 33.8 Å². The number of methoxy groups -OCH3 is 1. The van der Waals surface area contributed by atoms with E-state index in [0.29, 0.717) is 28.1 Å². The van der Waals surface area contributed by atoms with Gasteiger partial charge in [-0.3, -0.25) is 9.69 Å². The van der Waals surface area contributed by atoms with Gasteiger partial charge in [0.05, 0.1) is 23.7 Å². The van der Waals surface area contributed by atoms with Gasteiger partial charge in [-0.05, 0) is 30.7 Å². The maximum absolute atomic E-state index is 12.1. The van der Waals surface area contributed by atoms with Crippen LogP contribution in [0.15, 0.2) is 18.2 Å². The first-order valence-electron chi connectivity index (χ1n) is 7.26. The Labute approximate surface area is 146 Å². The highest BCUT2D eigenvalue weighted by Gasteiger charge is 2.28. The maximum atomic E-state index is 12.1. The summed E-state index contributed by atoms with van der Waals surface area (Å²) in [5, 5.41) is 3.56. The molecule has 0 fully saturated rings. The van der Waals surface area contributed by atoms with Crippen LogP contribution >= 0.6 is 23.2 Å². The van der Waals surface area contributed by atoms with E-state index >= 15 is 0 Å². The molecule has 0 bridgehead atoms. The summed E-state index contributed by atoms with van der Waals surface area (Å²) in [7, 11) is 2.98. The number of ether oxygens (including phenoxy) is 1. The van der Waals surface area contributed by atoms with Gasteiger partial charge in [0.1, 0.15) is 6.04 Å². The zero-order valence-electron chi connectivity index (χ0n) is 13.7. The van der Waals surface area contributed by atoms with E-state index in [1.54, 1.807) is 30.1 Å². The van der Waals surface area contributed by atoms with Gasteiger partial charge in [0, 0.05) is 6.54 Å². The third-order valence-electron chi connectivity index (χ3n) is 3.23. The Morgan fingerprint density at radius 1 is 1.26 bits per heavy atom. The molecular formula is C16H22Cl2N2O3. The zero-order valence-corrected chi connectivity index (χ0v) is 15.2. The smallest absolute Gasteiger partial charge is 0.327 e. The molecule has 0 saturated heterocycles. The van der Waals surface area contributed by atoms with Crippen molar-refractivity contribution in [1.82, 2.24) is 10.2 Å². The Morgan fingerprint density at radius 2 is 1.91 bits per heavy atom. The van der Waals surface area contributed by atoms with Gasteiger partial charge in [0.15, 0.2) is 0 Å². The highest BCUT2D eigenvalue weighted by molar-refractivity contribution is 6.42. The monoisotopic (exact) mass is 360 g/mol. The molecule has 0 spiro atoms. The summed E-state index contributed by atoms with van der Waals surface area (Å²) in [6, 6.07) is 4.17. The van der Waals surface area contributed by atoms with Gasteiger partial charge in [-0.2, -0.15) is 0 Å². The minimum absolute atomic E-state index is 0.0622. The minimum atomic E-state index is -0.737. The molecule has 1 aromatic rings. The van der Waals surface area contributed by atoms with E-state index < -0.39 is 12.0 Å². The molecule has 1 amide bonds. The van der Waals surface area contributed by atoms with Gasteiger partial charge in [-0.1, -0.05) is 43.1 Å². The normalized spacial score (nSPS) is 12.3. The number of carbonyl (C=O) groups excluding carboxylic acids is 2. The number of amides is 1. The van der Waals surface area contributed by atoms with Gasteiger partial charge in [-0.15, -0.1) is 0 Å². The van der Waals surface area contributed by atoms with Gasteiger partial charge >= 0.3 is 5.97 Å². The Balaban J connectivity index is 2.91. The molecule has 1 N–H and O–H groups in total. The van der Waals surface area contributed by atoms with Crippen LogP contribution in [0.5, 0.6) is 0 Å². The Morgan fingerprint density at radius 3 is 2.43 bits per heavy atom. The number of hydrogen-bond acceptors (Lipinski definition) is 4. The first kappa shape index (κ1) is 19.7. The first-order valence-corrected chi connectivity index (χ1v) is 8.01. The number of hydrogen-bond donors (Lipinski definition) is 1. The molecule has 0 heterocycles. The lowest BCUT2D eigenvalue weighted by Gasteiger charge is -2.26. The van der Waals surface area contributed by atoms with Crippen molar-refractivity contribution in [1.29, 1.82) is 0 Å². The molecule has 128 valence electrons. The fraction of sp³-hybridized carbons (Fsp3) is 0.500. The van der Waals surface area contributed by atoms with Gasteiger partial charge in [0.2, 0.25) is 5.91 Å². The Hall–Kier alpha value is -1.30. The van der Waals surface area contributed by atoms with Crippen LogP contribution in [-0.4, -0.2) is 44.0 Å². The van der Waals surface area contributed by atoms with Crippen LogP contribution in [0.25, 0.3) is 0 Å². The number of halogens is 2. The summed E-state index contributed by atoms with van der Waals surface area (Å²) in [4.78, 5) is 25.7. The molecule has 0 aliphatic heterocycles. The second kappa shape index (κ2) is 9.11. The van der Waals surface area contributed by atoms with E-state index in [-0.39, 0.29) is 12.5 Å². The number of carbonyl (C=O) groups is 2. The number of nitrogens with one attached hydrogen (secondary N) is 1. The molecule has 0 unspecified atom stereocenters. The third-order valence-corrected chi connectivity index (χ3v) is 3.96. The number of nitrogens with zero attached hydrogens (tertiary/aromatic N) is 1. The van der Waals surface area contributed by atoms with Crippen LogP contribution in [0.1, 0.15) is 25.5 Å². The highest BCUT2D eigenvalue weighted by Crippen LogP contribution is 2.28. The topological polar surface area (TPSA) is 58.6 Å². The lowest BCUT2D eigenvalue weighted by molar-refractivity contribution is -0.147. The van der Waals surface area contributed by atoms with E-state index in [1.165, 1.54) is 7.11 Å². The molecule has 23 heavy (non-hydrogen) atoms. The molecule has 1 rings (SSSR count). The summed E-state index contributed by atoms with van der Waals surface area (Å²) in [5.74, 6) is -0.270. The molecular weight excluding hydrogens is 339 g/mol. The third kappa shape index (κ3) is 6.01. The summed E-state index contributed by atoms with van der Waals surface area (Å²) < 4.78 is 4.85. The van der Waals surface area contributed by atoms with Gasteiger partial charge in [-0.25, -0.2) is 4.79 Å². The predicted molar refractivity (Wildman–Crippen MR) is 91.7 cm³/mol. The molecule has 0 radical (unpaired) electrons. The zero-order chi connectivity index (χ0) is 17.6. The molecule has 0 aliphatic carbocycles. The molecule has 0 aliphatic rings. The average Bonchev–Trinajstić information content (AvgIpc) is 2.48. The maximum Gasteiger partial charge on any atom is 0.327 e. The molecule has 7 heteroatoms. The number of rotatable bonds is 7. The van der Waals surface area contributed by atoms with Crippen LogP contribution in [0.2, 0.25) is 10.0 Å². The lowest BCUT2D eigenvalue weighted by Crippen LogP contribution is -2.41. The highest BCUT2D eigenvalue weighted by atomic mass is 35.5. The summed E-state index contributed by atoms with van der Waals surface area (Å²) >= 11 is 11.9. The van der Waals surface area contributed by atoms with Crippen LogP contribution in [0, 0.1) is 5.92 Å². The molecule has 1 atom stereocenters. The minimum Gasteiger partial charge on any atom is -0.468 e. The summed E-state index contributed by atoms with van der Waals surface area (Å²) in [5.41, 5.74) is 0.616. The average molecular weight is 361 g/mol. The SMILES string of the molecule is COC(=O)[C@H](c1ccc(Cl)c(Cl)c1)N(C)CC(=O)NCC(C)C. The van der Waals surface area contributed by atoms with Crippen molar-refractivity contribution in [3.8, 4) is 0 Å². The number of esters is 1. The van der Waals surface area contributed by atoms with Crippen molar-refractivity contribution < 1.29 is 14.3 Å².